The van der Waals surface area contributed by atoms with Gasteiger partial charge in [0, 0.05) is 66.0 Å². The van der Waals surface area contributed by atoms with Crippen LogP contribution in [0.15, 0.2) is 67.0 Å². The molecule has 1 atom stereocenters. The average molecular weight is 436 g/mol. The molecule has 3 aromatic heterocycles. The van der Waals surface area contributed by atoms with E-state index in [9.17, 15) is 4.79 Å². The first-order valence-corrected chi connectivity index (χ1v) is 11.3. The van der Waals surface area contributed by atoms with Crippen LogP contribution in [0.1, 0.15) is 34.6 Å². The first kappa shape index (κ1) is 19.7. The predicted molar refractivity (Wildman–Crippen MR) is 130 cm³/mol. The van der Waals surface area contributed by atoms with Crippen LogP contribution in [0.3, 0.4) is 0 Å². The molecule has 0 N–H and O–H groups in total. The summed E-state index contributed by atoms with van der Waals surface area (Å²) in [4.78, 5) is 19.8. The summed E-state index contributed by atoms with van der Waals surface area (Å²) < 4.78 is 4.13. The molecule has 0 radical (unpaired) electrons. The minimum absolute atomic E-state index is 0.0382. The molecular weight excluding hydrogens is 410 g/mol. The molecule has 6 heteroatoms. The van der Waals surface area contributed by atoms with Crippen LogP contribution in [0.5, 0.6) is 0 Å². The Morgan fingerprint density at radius 1 is 1.06 bits per heavy atom. The maximum Gasteiger partial charge on any atom is 0.254 e. The zero-order chi connectivity index (χ0) is 22.7. The fourth-order valence-electron chi connectivity index (χ4n) is 5.24. The Labute approximate surface area is 192 Å². The van der Waals surface area contributed by atoms with Gasteiger partial charge in [-0.25, -0.2) is 0 Å². The van der Waals surface area contributed by atoms with E-state index in [0.29, 0.717) is 12.1 Å². The fraction of sp³-hybridized carbons (Fsp3) is 0.222. The Morgan fingerprint density at radius 2 is 1.94 bits per heavy atom. The Balaban J connectivity index is 1.39. The van der Waals surface area contributed by atoms with Crippen LogP contribution in [0.2, 0.25) is 0 Å². The number of nitrogens with zero attached hydrogens (tertiary/aromatic N) is 5. The van der Waals surface area contributed by atoms with E-state index in [-0.39, 0.29) is 11.9 Å². The molecule has 1 unspecified atom stereocenters. The third-order valence-electron chi connectivity index (χ3n) is 6.94. The molecular formula is C27H25N5O. The summed E-state index contributed by atoms with van der Waals surface area (Å²) in [5.74, 6) is 0.0382. The number of amides is 1. The summed E-state index contributed by atoms with van der Waals surface area (Å²) in [6.07, 6.45) is 4.65. The second-order valence-electron chi connectivity index (χ2n) is 8.84. The lowest BCUT2D eigenvalue weighted by atomic mass is 9.94. The van der Waals surface area contributed by atoms with Crippen molar-refractivity contribution >= 4 is 27.7 Å². The maximum absolute atomic E-state index is 13.5. The van der Waals surface area contributed by atoms with Crippen molar-refractivity contribution < 1.29 is 4.79 Å². The second kappa shape index (κ2) is 7.30. The van der Waals surface area contributed by atoms with E-state index in [1.165, 1.54) is 22.0 Å². The van der Waals surface area contributed by atoms with Gasteiger partial charge in [-0.3, -0.25) is 14.5 Å². The van der Waals surface area contributed by atoms with E-state index in [1.807, 2.05) is 47.0 Å². The first-order valence-electron chi connectivity index (χ1n) is 11.3. The molecule has 0 aliphatic carbocycles. The zero-order valence-electron chi connectivity index (χ0n) is 19.0. The van der Waals surface area contributed by atoms with Crippen molar-refractivity contribution in [3.63, 3.8) is 0 Å². The van der Waals surface area contributed by atoms with Crippen molar-refractivity contribution in [2.24, 2.45) is 14.1 Å². The molecule has 0 saturated heterocycles. The minimum Gasteiger partial charge on any atom is -0.351 e. The number of hydrogen-bond acceptors (Lipinski definition) is 3. The predicted octanol–water partition coefficient (Wildman–Crippen LogP) is 4.89. The first-order chi connectivity index (χ1) is 16.0. The van der Waals surface area contributed by atoms with Crippen molar-refractivity contribution in [2.45, 2.75) is 19.4 Å². The van der Waals surface area contributed by atoms with Crippen molar-refractivity contribution in [1.29, 1.82) is 0 Å². The van der Waals surface area contributed by atoms with Gasteiger partial charge in [-0.1, -0.05) is 18.2 Å². The van der Waals surface area contributed by atoms with E-state index in [1.54, 1.807) is 6.20 Å². The smallest absolute Gasteiger partial charge is 0.254 e. The van der Waals surface area contributed by atoms with Gasteiger partial charge in [0.1, 0.15) is 0 Å². The SMILES string of the molecule is CC1c2nn(C)c(-c3cccc4c3ccn4C)c2CCN1C(=O)c1ccc2ncccc2c1. The number of rotatable bonds is 2. The summed E-state index contributed by atoms with van der Waals surface area (Å²) in [5.41, 5.74) is 7.36. The van der Waals surface area contributed by atoms with Crippen LogP contribution in [-0.2, 0) is 20.5 Å². The lowest BCUT2D eigenvalue weighted by Crippen LogP contribution is -2.38. The van der Waals surface area contributed by atoms with Crippen LogP contribution in [0.25, 0.3) is 33.1 Å². The second-order valence-corrected chi connectivity index (χ2v) is 8.84. The van der Waals surface area contributed by atoms with Crippen LogP contribution in [0, 0.1) is 0 Å². The molecule has 6 nitrogen and oxygen atoms in total. The molecule has 1 aliphatic rings. The molecule has 0 fully saturated rings. The largest absolute Gasteiger partial charge is 0.351 e. The third kappa shape index (κ3) is 2.98. The van der Waals surface area contributed by atoms with Gasteiger partial charge in [-0.05, 0) is 49.7 Å². The summed E-state index contributed by atoms with van der Waals surface area (Å²) in [6.45, 7) is 2.75. The van der Waals surface area contributed by atoms with E-state index >= 15 is 0 Å². The van der Waals surface area contributed by atoms with E-state index in [0.717, 1.165) is 28.7 Å². The van der Waals surface area contributed by atoms with E-state index in [2.05, 4.69) is 54.0 Å². The molecule has 1 amide bonds. The number of aryl methyl sites for hydroxylation is 2. The van der Waals surface area contributed by atoms with Crippen LogP contribution in [-0.4, -0.2) is 36.7 Å². The monoisotopic (exact) mass is 435 g/mol. The lowest BCUT2D eigenvalue weighted by Gasteiger charge is -2.33. The average Bonchev–Trinajstić information content (AvgIpc) is 3.38. The van der Waals surface area contributed by atoms with Gasteiger partial charge in [-0.2, -0.15) is 5.10 Å². The molecule has 2 aromatic carbocycles. The van der Waals surface area contributed by atoms with Gasteiger partial charge >= 0.3 is 0 Å². The number of benzene rings is 2. The summed E-state index contributed by atoms with van der Waals surface area (Å²) in [6, 6.07) is 18.1. The van der Waals surface area contributed by atoms with Crippen LogP contribution >= 0.6 is 0 Å². The number of pyridine rings is 1. The number of aromatic nitrogens is 4. The summed E-state index contributed by atoms with van der Waals surface area (Å²) in [7, 11) is 4.07. The standard InChI is InChI=1S/C27H25N5O/c1-17-25-22(26(31(3)29-25)21-7-4-8-24-20(21)11-14-30(24)2)12-15-32(17)27(33)19-9-10-23-18(16-19)6-5-13-28-23/h4-11,13-14,16-17H,12,15H2,1-3H3. The molecule has 0 saturated carbocycles. The van der Waals surface area contributed by atoms with Gasteiger partial charge in [0.15, 0.2) is 0 Å². The van der Waals surface area contributed by atoms with Crippen molar-refractivity contribution in [3.8, 4) is 11.3 Å². The molecule has 0 spiro atoms. The van der Waals surface area contributed by atoms with Crippen LogP contribution in [0.4, 0.5) is 0 Å². The highest BCUT2D eigenvalue weighted by atomic mass is 16.2. The van der Waals surface area contributed by atoms with E-state index < -0.39 is 0 Å². The molecule has 164 valence electrons. The van der Waals surface area contributed by atoms with Gasteiger partial charge in [-0.15, -0.1) is 0 Å². The Kier molecular flexibility index (Phi) is 4.37. The highest BCUT2D eigenvalue weighted by Crippen LogP contribution is 2.38. The Morgan fingerprint density at radius 3 is 2.82 bits per heavy atom. The van der Waals surface area contributed by atoms with Gasteiger partial charge in [0.25, 0.3) is 5.91 Å². The third-order valence-corrected chi connectivity index (χ3v) is 6.94. The molecule has 1 aliphatic heterocycles. The van der Waals surface area contributed by atoms with Gasteiger partial charge in [0.2, 0.25) is 0 Å². The van der Waals surface area contributed by atoms with Crippen LogP contribution < -0.4 is 0 Å². The van der Waals surface area contributed by atoms with Crippen molar-refractivity contribution in [3.05, 3.63) is 83.8 Å². The number of carbonyl (C=O) groups is 1. The number of fused-ring (bicyclic) bond motifs is 3. The minimum atomic E-state index is -0.0965. The molecule has 5 aromatic rings. The summed E-state index contributed by atoms with van der Waals surface area (Å²) >= 11 is 0. The zero-order valence-corrected chi connectivity index (χ0v) is 19.0. The molecule has 33 heavy (non-hydrogen) atoms. The Hall–Kier alpha value is -3.93. The normalized spacial score (nSPS) is 15.8. The fourth-order valence-corrected chi connectivity index (χ4v) is 5.24. The lowest BCUT2D eigenvalue weighted by molar-refractivity contribution is 0.0674. The maximum atomic E-state index is 13.5. The quantitative estimate of drug-likeness (QED) is 0.397. The molecule has 0 bridgehead atoms. The highest BCUT2D eigenvalue weighted by molar-refractivity contribution is 5.99. The molecule has 4 heterocycles. The topological polar surface area (TPSA) is 56.0 Å². The van der Waals surface area contributed by atoms with Crippen molar-refractivity contribution in [1.82, 2.24) is 24.2 Å². The molecule has 6 rings (SSSR count). The van der Waals surface area contributed by atoms with Gasteiger partial charge in [0.05, 0.1) is 22.9 Å². The summed E-state index contributed by atoms with van der Waals surface area (Å²) in [5, 5.41) is 7.10. The van der Waals surface area contributed by atoms with Crippen molar-refractivity contribution in [2.75, 3.05) is 6.54 Å². The number of hydrogen-bond donors (Lipinski definition) is 0. The van der Waals surface area contributed by atoms with E-state index in [4.69, 9.17) is 5.10 Å². The number of carbonyl (C=O) groups excluding carboxylic acids is 1. The Bertz CT molecular complexity index is 1540. The van der Waals surface area contributed by atoms with Gasteiger partial charge < -0.3 is 9.47 Å². The highest BCUT2D eigenvalue weighted by Gasteiger charge is 2.33.